The summed E-state index contributed by atoms with van der Waals surface area (Å²) in [5.74, 6) is 1.44. The molecule has 0 aromatic heterocycles. The van der Waals surface area contributed by atoms with Gasteiger partial charge in [-0.2, -0.15) is 0 Å². The Morgan fingerprint density at radius 1 is 1.12 bits per heavy atom. The maximum atomic E-state index is 13.0. The zero-order chi connectivity index (χ0) is 23.5. The highest BCUT2D eigenvalue weighted by Crippen LogP contribution is 2.41. The summed E-state index contributed by atoms with van der Waals surface area (Å²) in [5, 5.41) is 0.299. The molecule has 7 nitrogen and oxygen atoms in total. The van der Waals surface area contributed by atoms with Crippen LogP contribution in [0.3, 0.4) is 0 Å². The molecule has 0 atom stereocenters. The Bertz CT molecular complexity index is 1170. The van der Waals surface area contributed by atoms with Crippen LogP contribution in [-0.4, -0.2) is 36.1 Å². The first kappa shape index (κ1) is 23.4. The highest BCUT2D eigenvalue weighted by Gasteiger charge is 2.36. The lowest BCUT2D eigenvalue weighted by Gasteiger charge is -2.14. The van der Waals surface area contributed by atoms with E-state index in [4.69, 9.17) is 42.1 Å². The van der Waals surface area contributed by atoms with E-state index in [1.807, 2.05) is 6.92 Å². The molecular formula is C23H19Cl2NO6S. The van der Waals surface area contributed by atoms with E-state index in [0.29, 0.717) is 50.8 Å². The Balaban J connectivity index is 1.58. The van der Waals surface area contributed by atoms with Crippen LogP contribution in [0.25, 0.3) is 6.08 Å². The second-order valence-corrected chi connectivity index (χ2v) is 8.74. The minimum absolute atomic E-state index is 0.0107. The van der Waals surface area contributed by atoms with Crippen LogP contribution >= 0.6 is 35.0 Å². The Kier molecular flexibility index (Phi) is 7.07. The molecule has 2 aromatic rings. The van der Waals surface area contributed by atoms with Gasteiger partial charge in [-0.15, -0.1) is 0 Å². The smallest absolute Gasteiger partial charge is 0.293 e. The number of carbonyl (C=O) groups is 2. The van der Waals surface area contributed by atoms with Crippen molar-refractivity contribution in [2.75, 3.05) is 20.0 Å². The number of ether oxygens (including phenoxy) is 4. The van der Waals surface area contributed by atoms with Gasteiger partial charge < -0.3 is 18.9 Å². The van der Waals surface area contributed by atoms with Crippen molar-refractivity contribution in [2.45, 2.75) is 13.5 Å². The van der Waals surface area contributed by atoms with Gasteiger partial charge in [0.2, 0.25) is 6.79 Å². The van der Waals surface area contributed by atoms with Gasteiger partial charge in [-0.05, 0) is 54.1 Å². The highest BCUT2D eigenvalue weighted by atomic mass is 35.5. The molecule has 10 heteroatoms. The fourth-order valence-electron chi connectivity index (χ4n) is 3.25. The summed E-state index contributed by atoms with van der Waals surface area (Å²) in [5.41, 5.74) is 1.18. The zero-order valence-electron chi connectivity index (χ0n) is 17.6. The van der Waals surface area contributed by atoms with Gasteiger partial charge >= 0.3 is 0 Å². The minimum atomic E-state index is -0.431. The molecule has 2 heterocycles. The van der Waals surface area contributed by atoms with Gasteiger partial charge in [-0.3, -0.25) is 14.5 Å². The second kappa shape index (κ2) is 9.99. The Hall–Kier alpha value is -2.81. The number of nitrogens with zero attached hydrogens (tertiary/aromatic N) is 1. The first-order chi connectivity index (χ1) is 15.9. The number of hydrogen-bond acceptors (Lipinski definition) is 7. The molecule has 2 amide bonds. The van der Waals surface area contributed by atoms with Crippen LogP contribution in [0.4, 0.5) is 4.79 Å². The van der Waals surface area contributed by atoms with E-state index in [1.165, 1.54) is 0 Å². The SMILES string of the molecule is C=CCOc1c(Cl)cc(/C=C2/SC(=O)N(Cc3cc4c(cc3Cl)OCO4)C2=O)cc1OCC. The summed E-state index contributed by atoms with van der Waals surface area (Å²) >= 11 is 13.5. The molecule has 172 valence electrons. The van der Waals surface area contributed by atoms with Crippen molar-refractivity contribution in [3.63, 3.8) is 0 Å². The average molecular weight is 508 g/mol. The lowest BCUT2D eigenvalue weighted by atomic mass is 10.1. The van der Waals surface area contributed by atoms with Crippen molar-refractivity contribution in [3.8, 4) is 23.0 Å². The van der Waals surface area contributed by atoms with Crippen molar-refractivity contribution in [1.29, 1.82) is 0 Å². The van der Waals surface area contributed by atoms with E-state index in [-0.39, 0.29) is 24.8 Å². The second-order valence-electron chi connectivity index (χ2n) is 6.93. The first-order valence-corrected chi connectivity index (χ1v) is 11.5. The maximum Gasteiger partial charge on any atom is 0.293 e. The van der Waals surface area contributed by atoms with Gasteiger partial charge in [0.1, 0.15) is 6.61 Å². The number of fused-ring (bicyclic) bond motifs is 1. The largest absolute Gasteiger partial charge is 0.490 e. The van der Waals surface area contributed by atoms with Gasteiger partial charge in [0.05, 0.1) is 23.1 Å². The third-order valence-corrected chi connectivity index (χ3v) is 6.26. The standard InChI is InChI=1S/C23H19Cl2NO6S/c1-3-5-30-21-16(25)6-13(7-19(21)29-4-2)8-20-22(27)26(23(28)33-20)11-14-9-17-18(10-15(14)24)32-12-31-17/h3,6-10H,1,4-5,11-12H2,2H3/b20-8+. The van der Waals surface area contributed by atoms with Crippen LogP contribution in [0.5, 0.6) is 23.0 Å². The molecule has 0 N–H and O–H groups in total. The van der Waals surface area contributed by atoms with E-state index in [2.05, 4.69) is 6.58 Å². The molecule has 1 saturated heterocycles. The average Bonchev–Trinajstić information content (AvgIpc) is 3.32. The Morgan fingerprint density at radius 2 is 1.88 bits per heavy atom. The molecular weight excluding hydrogens is 489 g/mol. The summed E-state index contributed by atoms with van der Waals surface area (Å²) in [6, 6.07) is 6.64. The number of hydrogen-bond donors (Lipinski definition) is 0. The fraction of sp³-hybridized carbons (Fsp3) is 0.217. The van der Waals surface area contributed by atoms with E-state index < -0.39 is 11.1 Å². The lowest BCUT2D eigenvalue weighted by Crippen LogP contribution is -2.27. The van der Waals surface area contributed by atoms with Gasteiger partial charge in [0.25, 0.3) is 11.1 Å². The molecule has 0 spiro atoms. The maximum absolute atomic E-state index is 13.0. The summed E-state index contributed by atoms with van der Waals surface area (Å²) in [7, 11) is 0. The summed E-state index contributed by atoms with van der Waals surface area (Å²) in [6.45, 7) is 6.24. The molecule has 2 aromatic carbocycles. The number of rotatable bonds is 8. The molecule has 0 aliphatic carbocycles. The van der Waals surface area contributed by atoms with Gasteiger partial charge in [0.15, 0.2) is 23.0 Å². The molecule has 0 bridgehead atoms. The third kappa shape index (κ3) is 4.93. The molecule has 0 saturated carbocycles. The van der Waals surface area contributed by atoms with Gasteiger partial charge in [-0.25, -0.2) is 0 Å². The van der Waals surface area contributed by atoms with Crippen LogP contribution in [0.1, 0.15) is 18.1 Å². The van der Waals surface area contributed by atoms with Crippen molar-refractivity contribution in [1.82, 2.24) is 4.90 Å². The monoisotopic (exact) mass is 507 g/mol. The van der Waals surface area contributed by atoms with Gasteiger partial charge in [-0.1, -0.05) is 35.9 Å². The number of thioether (sulfide) groups is 1. The van der Waals surface area contributed by atoms with Crippen molar-refractivity contribution in [2.24, 2.45) is 0 Å². The van der Waals surface area contributed by atoms with Crippen molar-refractivity contribution < 1.29 is 28.5 Å². The Labute approximate surface area is 204 Å². The number of carbonyl (C=O) groups excluding carboxylic acids is 2. The number of halogens is 2. The minimum Gasteiger partial charge on any atom is -0.490 e. The topological polar surface area (TPSA) is 74.3 Å². The summed E-state index contributed by atoms with van der Waals surface area (Å²) in [6.07, 6.45) is 3.19. The van der Waals surface area contributed by atoms with Crippen LogP contribution in [0.2, 0.25) is 10.0 Å². The van der Waals surface area contributed by atoms with Crippen LogP contribution in [-0.2, 0) is 11.3 Å². The molecule has 33 heavy (non-hydrogen) atoms. The third-order valence-electron chi connectivity index (χ3n) is 4.72. The predicted octanol–water partition coefficient (Wildman–Crippen LogP) is 5.92. The lowest BCUT2D eigenvalue weighted by molar-refractivity contribution is -0.123. The fourth-order valence-corrected chi connectivity index (χ4v) is 4.58. The first-order valence-electron chi connectivity index (χ1n) is 9.94. The van der Waals surface area contributed by atoms with Crippen molar-refractivity contribution in [3.05, 3.63) is 63.0 Å². The van der Waals surface area contributed by atoms with Crippen LogP contribution in [0.15, 0.2) is 41.8 Å². The van der Waals surface area contributed by atoms with E-state index in [0.717, 1.165) is 16.7 Å². The molecule has 4 rings (SSSR count). The van der Waals surface area contributed by atoms with Gasteiger partial charge in [0, 0.05) is 11.1 Å². The predicted molar refractivity (Wildman–Crippen MR) is 127 cm³/mol. The number of amides is 2. The van der Waals surface area contributed by atoms with Crippen molar-refractivity contribution >= 4 is 52.2 Å². The van der Waals surface area contributed by atoms with E-state index in [9.17, 15) is 9.59 Å². The summed E-state index contributed by atoms with van der Waals surface area (Å²) < 4.78 is 21.9. The Morgan fingerprint density at radius 3 is 2.61 bits per heavy atom. The van der Waals surface area contributed by atoms with Crippen LogP contribution in [0, 0.1) is 0 Å². The van der Waals surface area contributed by atoms with Crippen LogP contribution < -0.4 is 18.9 Å². The highest BCUT2D eigenvalue weighted by molar-refractivity contribution is 8.18. The van der Waals surface area contributed by atoms with E-state index >= 15 is 0 Å². The number of benzene rings is 2. The zero-order valence-corrected chi connectivity index (χ0v) is 19.9. The molecule has 0 radical (unpaired) electrons. The quantitative estimate of drug-likeness (QED) is 0.324. The summed E-state index contributed by atoms with van der Waals surface area (Å²) in [4.78, 5) is 27.0. The molecule has 0 unspecified atom stereocenters. The molecule has 1 fully saturated rings. The molecule has 2 aliphatic heterocycles. The van der Waals surface area contributed by atoms with E-state index in [1.54, 1.807) is 36.4 Å². The molecule has 2 aliphatic rings. The number of imide groups is 1. The normalized spacial score (nSPS) is 16.0.